The first-order chi connectivity index (χ1) is 8.62. The fourth-order valence-corrected chi connectivity index (χ4v) is 3.11. The van der Waals surface area contributed by atoms with E-state index in [-0.39, 0.29) is 6.61 Å². The molecule has 0 amide bonds. The molecule has 1 aliphatic rings. The lowest BCUT2D eigenvalue weighted by Gasteiger charge is -2.35. The summed E-state index contributed by atoms with van der Waals surface area (Å²) in [5, 5.41) is 12.8. The maximum absolute atomic E-state index is 9.12. The van der Waals surface area contributed by atoms with Crippen molar-refractivity contribution in [2.45, 2.75) is 46.5 Å². The third-order valence-electron chi connectivity index (χ3n) is 4.14. The Morgan fingerprint density at radius 3 is 2.44 bits per heavy atom. The molecule has 0 spiro atoms. The third-order valence-corrected chi connectivity index (χ3v) is 4.14. The van der Waals surface area contributed by atoms with Crippen LogP contribution < -0.4 is 5.32 Å². The minimum Gasteiger partial charge on any atom is -0.395 e. The number of rotatable bonds is 9. The summed E-state index contributed by atoms with van der Waals surface area (Å²) >= 11 is 0. The number of nitrogens with one attached hydrogen (secondary N) is 1. The second-order valence-corrected chi connectivity index (χ2v) is 6.32. The van der Waals surface area contributed by atoms with Gasteiger partial charge in [0.25, 0.3) is 0 Å². The van der Waals surface area contributed by atoms with E-state index in [1.54, 1.807) is 0 Å². The predicted molar refractivity (Wildman–Crippen MR) is 77.8 cm³/mol. The molecule has 0 aromatic carbocycles. The summed E-state index contributed by atoms with van der Waals surface area (Å²) in [5.74, 6) is 0.725. The molecule has 1 saturated carbocycles. The van der Waals surface area contributed by atoms with E-state index in [1.807, 2.05) is 0 Å². The topological polar surface area (TPSA) is 35.5 Å². The molecule has 0 atom stereocenters. The Hall–Kier alpha value is -0.120. The summed E-state index contributed by atoms with van der Waals surface area (Å²) in [7, 11) is 0. The quantitative estimate of drug-likeness (QED) is 0.663. The highest BCUT2D eigenvalue weighted by atomic mass is 16.3. The lowest BCUT2D eigenvalue weighted by atomic mass is 9.85. The summed E-state index contributed by atoms with van der Waals surface area (Å²) < 4.78 is 0. The smallest absolute Gasteiger partial charge is 0.0558 e. The van der Waals surface area contributed by atoms with Crippen molar-refractivity contribution in [3.05, 3.63) is 0 Å². The average Bonchev–Trinajstić information content (AvgIpc) is 2.77. The Bertz CT molecular complexity index is 213. The van der Waals surface area contributed by atoms with Gasteiger partial charge in [-0.2, -0.15) is 0 Å². The van der Waals surface area contributed by atoms with Gasteiger partial charge in [-0.1, -0.05) is 33.6 Å². The first-order valence-electron chi connectivity index (χ1n) is 7.66. The highest BCUT2D eigenvalue weighted by molar-refractivity contribution is 4.89. The zero-order valence-electron chi connectivity index (χ0n) is 12.5. The van der Waals surface area contributed by atoms with Crippen LogP contribution in [0.3, 0.4) is 0 Å². The fraction of sp³-hybridized carbons (Fsp3) is 1.00. The van der Waals surface area contributed by atoms with Gasteiger partial charge in [-0.25, -0.2) is 0 Å². The highest BCUT2D eigenvalue weighted by Crippen LogP contribution is 2.38. The van der Waals surface area contributed by atoms with Gasteiger partial charge in [-0.05, 0) is 37.3 Å². The molecule has 18 heavy (non-hydrogen) atoms. The lowest BCUT2D eigenvalue weighted by Crippen LogP contribution is -2.44. The Labute approximate surface area is 113 Å². The number of likely N-dealkylation sites (N-methyl/N-ethyl adjacent to an activating group) is 1. The van der Waals surface area contributed by atoms with Crippen molar-refractivity contribution < 1.29 is 5.11 Å². The van der Waals surface area contributed by atoms with Crippen LogP contribution in [0.4, 0.5) is 0 Å². The first kappa shape index (κ1) is 15.9. The minimum absolute atomic E-state index is 0.281. The summed E-state index contributed by atoms with van der Waals surface area (Å²) in [5.41, 5.74) is 0.458. The molecule has 2 N–H and O–H groups in total. The third kappa shape index (κ3) is 5.25. The minimum atomic E-state index is 0.281. The Kier molecular flexibility index (Phi) is 7.20. The van der Waals surface area contributed by atoms with Gasteiger partial charge in [0, 0.05) is 19.6 Å². The van der Waals surface area contributed by atoms with E-state index in [4.69, 9.17) is 5.11 Å². The van der Waals surface area contributed by atoms with Gasteiger partial charge in [0.05, 0.1) is 6.61 Å². The van der Waals surface area contributed by atoms with Crippen LogP contribution in [0.1, 0.15) is 46.5 Å². The van der Waals surface area contributed by atoms with Gasteiger partial charge in [0.15, 0.2) is 0 Å². The van der Waals surface area contributed by atoms with E-state index in [9.17, 15) is 0 Å². The van der Waals surface area contributed by atoms with Crippen LogP contribution in [0.2, 0.25) is 0 Å². The van der Waals surface area contributed by atoms with Crippen molar-refractivity contribution in [2.24, 2.45) is 11.3 Å². The molecule has 1 rings (SSSR count). The second kappa shape index (κ2) is 8.13. The van der Waals surface area contributed by atoms with Crippen LogP contribution in [0.5, 0.6) is 0 Å². The van der Waals surface area contributed by atoms with Crippen LogP contribution in [-0.4, -0.2) is 49.3 Å². The number of aliphatic hydroxyl groups excluding tert-OH is 1. The first-order valence-corrected chi connectivity index (χ1v) is 7.66. The Morgan fingerprint density at radius 1 is 1.28 bits per heavy atom. The molecule has 1 aliphatic carbocycles. The number of nitrogens with zero attached hydrogens (tertiary/aromatic N) is 1. The van der Waals surface area contributed by atoms with Gasteiger partial charge in [0.1, 0.15) is 0 Å². The largest absolute Gasteiger partial charge is 0.395 e. The van der Waals surface area contributed by atoms with Crippen molar-refractivity contribution in [3.63, 3.8) is 0 Å². The Balaban J connectivity index is 2.45. The lowest BCUT2D eigenvalue weighted by molar-refractivity contribution is 0.128. The molecule has 0 radical (unpaired) electrons. The molecule has 0 unspecified atom stereocenters. The molecule has 3 heteroatoms. The average molecular weight is 256 g/mol. The van der Waals surface area contributed by atoms with Gasteiger partial charge in [0.2, 0.25) is 0 Å². The van der Waals surface area contributed by atoms with Crippen molar-refractivity contribution >= 4 is 0 Å². The number of hydrogen-bond donors (Lipinski definition) is 2. The van der Waals surface area contributed by atoms with Crippen molar-refractivity contribution in [1.82, 2.24) is 10.2 Å². The normalized spacial score (nSPS) is 19.0. The highest BCUT2D eigenvalue weighted by Gasteiger charge is 2.34. The maximum atomic E-state index is 9.12. The molecule has 0 saturated heterocycles. The van der Waals surface area contributed by atoms with Crippen LogP contribution in [-0.2, 0) is 0 Å². The van der Waals surface area contributed by atoms with Crippen LogP contribution in [0.25, 0.3) is 0 Å². The van der Waals surface area contributed by atoms with E-state index in [0.29, 0.717) is 5.41 Å². The van der Waals surface area contributed by atoms with E-state index in [1.165, 1.54) is 25.7 Å². The zero-order chi connectivity index (χ0) is 13.4. The molecule has 1 fully saturated rings. The fourth-order valence-electron chi connectivity index (χ4n) is 3.11. The molecule has 3 nitrogen and oxygen atoms in total. The molecular weight excluding hydrogens is 224 g/mol. The zero-order valence-corrected chi connectivity index (χ0v) is 12.5. The van der Waals surface area contributed by atoms with E-state index >= 15 is 0 Å². The van der Waals surface area contributed by atoms with Gasteiger partial charge >= 0.3 is 0 Å². The molecule has 108 valence electrons. The van der Waals surface area contributed by atoms with E-state index < -0.39 is 0 Å². The van der Waals surface area contributed by atoms with E-state index in [2.05, 4.69) is 31.0 Å². The molecule has 0 heterocycles. The second-order valence-electron chi connectivity index (χ2n) is 6.32. The van der Waals surface area contributed by atoms with E-state index in [0.717, 1.165) is 38.6 Å². The summed E-state index contributed by atoms with van der Waals surface area (Å²) in [4.78, 5) is 2.41. The van der Waals surface area contributed by atoms with Crippen LogP contribution in [0, 0.1) is 11.3 Å². The summed E-state index contributed by atoms with van der Waals surface area (Å²) in [6, 6.07) is 0. The number of hydrogen-bond acceptors (Lipinski definition) is 3. The summed E-state index contributed by atoms with van der Waals surface area (Å²) in [6.45, 7) is 12.3. The van der Waals surface area contributed by atoms with Crippen LogP contribution >= 0.6 is 0 Å². The van der Waals surface area contributed by atoms with Crippen LogP contribution in [0.15, 0.2) is 0 Å². The van der Waals surface area contributed by atoms with Gasteiger partial charge in [-0.15, -0.1) is 0 Å². The molecule has 0 bridgehead atoms. The molecule has 0 aliphatic heterocycles. The van der Waals surface area contributed by atoms with Crippen molar-refractivity contribution in [2.75, 3.05) is 39.3 Å². The van der Waals surface area contributed by atoms with Crippen molar-refractivity contribution in [3.8, 4) is 0 Å². The monoisotopic (exact) mass is 256 g/mol. The standard InChI is InChI=1S/C15H32N2O/c1-4-17(9-10-18)13-15(7-5-6-8-15)12-16-11-14(2)3/h14,16,18H,4-13H2,1-3H3. The number of aliphatic hydroxyl groups is 1. The predicted octanol–water partition coefficient (Wildman–Crippen LogP) is 2.11. The maximum Gasteiger partial charge on any atom is 0.0558 e. The molecule has 0 aromatic rings. The summed E-state index contributed by atoms with van der Waals surface area (Å²) in [6.07, 6.45) is 5.44. The van der Waals surface area contributed by atoms with Crippen molar-refractivity contribution in [1.29, 1.82) is 0 Å². The SMILES string of the molecule is CCN(CCO)CC1(CNCC(C)C)CCCC1. The molecule has 0 aromatic heterocycles. The Morgan fingerprint density at radius 2 is 1.94 bits per heavy atom. The molecular formula is C15H32N2O. The van der Waals surface area contributed by atoms with Gasteiger partial charge in [-0.3, -0.25) is 0 Å². The van der Waals surface area contributed by atoms with Gasteiger partial charge < -0.3 is 15.3 Å².